The van der Waals surface area contributed by atoms with Crippen molar-refractivity contribution in [2.24, 2.45) is 0 Å². The Labute approximate surface area is 191 Å². The smallest absolute Gasteiger partial charge is 0.256 e. The predicted molar refractivity (Wildman–Crippen MR) is 122 cm³/mol. The molecule has 1 amide bonds. The summed E-state index contributed by atoms with van der Waals surface area (Å²) < 4.78 is 12.6. The van der Waals surface area contributed by atoms with E-state index in [1.807, 2.05) is 71.6 Å². The topological polar surface area (TPSA) is 82.4 Å². The number of rotatable bonds is 5. The number of carbonyl (C=O) groups is 1. The van der Waals surface area contributed by atoms with Crippen LogP contribution in [0.25, 0.3) is 5.69 Å². The lowest BCUT2D eigenvalue weighted by molar-refractivity contribution is 0.0694. The third kappa shape index (κ3) is 3.69. The van der Waals surface area contributed by atoms with Crippen LogP contribution in [0.5, 0.6) is 11.5 Å². The number of nitrogens with zero attached hydrogens (tertiary/aromatic N) is 5. The first-order chi connectivity index (χ1) is 16.2. The maximum atomic E-state index is 14.0. The van der Waals surface area contributed by atoms with E-state index < -0.39 is 0 Å². The maximum Gasteiger partial charge on any atom is 0.256 e. The van der Waals surface area contributed by atoms with Crippen molar-refractivity contribution < 1.29 is 14.3 Å². The summed E-state index contributed by atoms with van der Waals surface area (Å²) in [5, 5.41) is 11.4. The first-order valence-electron chi connectivity index (χ1n) is 10.6. The van der Waals surface area contributed by atoms with Gasteiger partial charge in [0, 0.05) is 6.54 Å². The average molecular weight is 441 g/mol. The molecule has 33 heavy (non-hydrogen) atoms. The highest BCUT2D eigenvalue weighted by Crippen LogP contribution is 2.41. The summed E-state index contributed by atoms with van der Waals surface area (Å²) in [4.78, 5) is 15.9. The van der Waals surface area contributed by atoms with Crippen molar-refractivity contribution in [2.45, 2.75) is 12.5 Å². The highest BCUT2D eigenvalue weighted by Gasteiger charge is 2.34. The van der Waals surface area contributed by atoms with E-state index in [0.717, 1.165) is 16.7 Å². The fourth-order valence-corrected chi connectivity index (χ4v) is 4.44. The first kappa shape index (κ1) is 20.7. The van der Waals surface area contributed by atoms with Gasteiger partial charge in [-0.15, -0.1) is 5.10 Å². The van der Waals surface area contributed by atoms with E-state index in [4.69, 9.17) is 9.47 Å². The van der Waals surface area contributed by atoms with Gasteiger partial charge in [-0.25, -0.2) is 0 Å². The Balaban J connectivity index is 1.64. The number of tetrazole rings is 1. The number of para-hydroxylation sites is 1. The minimum atomic E-state index is -0.274. The maximum absolute atomic E-state index is 14.0. The van der Waals surface area contributed by atoms with Gasteiger partial charge in [-0.3, -0.25) is 4.79 Å². The quantitative estimate of drug-likeness (QED) is 0.472. The molecule has 0 saturated carbocycles. The number of hydrogen-bond acceptors (Lipinski definition) is 6. The Morgan fingerprint density at radius 1 is 0.970 bits per heavy atom. The Morgan fingerprint density at radius 3 is 2.42 bits per heavy atom. The van der Waals surface area contributed by atoms with Crippen LogP contribution < -0.4 is 9.47 Å². The Morgan fingerprint density at radius 2 is 1.70 bits per heavy atom. The molecule has 0 fully saturated rings. The molecule has 0 bridgehead atoms. The Kier molecular flexibility index (Phi) is 5.48. The summed E-state index contributed by atoms with van der Waals surface area (Å²) in [5.74, 6) is 1.24. The van der Waals surface area contributed by atoms with Crippen LogP contribution in [-0.2, 0) is 6.42 Å². The normalized spacial score (nSPS) is 15.1. The van der Waals surface area contributed by atoms with Crippen molar-refractivity contribution >= 4 is 5.91 Å². The lowest BCUT2D eigenvalue weighted by Gasteiger charge is -2.38. The molecule has 166 valence electrons. The van der Waals surface area contributed by atoms with Gasteiger partial charge in [0.1, 0.15) is 6.33 Å². The van der Waals surface area contributed by atoms with Gasteiger partial charge in [-0.05, 0) is 57.8 Å². The predicted octanol–water partition coefficient (Wildman–Crippen LogP) is 3.47. The summed E-state index contributed by atoms with van der Waals surface area (Å²) in [6.45, 7) is 0.560. The second-order valence-corrected chi connectivity index (χ2v) is 7.74. The minimum Gasteiger partial charge on any atom is -0.493 e. The summed E-state index contributed by atoms with van der Waals surface area (Å²) in [7, 11) is 3.25. The van der Waals surface area contributed by atoms with Crippen LogP contribution in [0.4, 0.5) is 0 Å². The highest BCUT2D eigenvalue weighted by atomic mass is 16.5. The second kappa shape index (κ2) is 8.74. The molecule has 0 spiro atoms. The van der Waals surface area contributed by atoms with E-state index in [1.54, 1.807) is 14.2 Å². The van der Waals surface area contributed by atoms with Gasteiger partial charge >= 0.3 is 0 Å². The van der Waals surface area contributed by atoms with Crippen molar-refractivity contribution in [1.82, 2.24) is 25.1 Å². The molecular weight excluding hydrogens is 418 g/mol. The molecule has 3 aromatic carbocycles. The first-order valence-corrected chi connectivity index (χ1v) is 10.6. The van der Waals surface area contributed by atoms with Crippen LogP contribution in [0, 0.1) is 0 Å². The summed E-state index contributed by atoms with van der Waals surface area (Å²) in [5.41, 5.74) is 4.36. The van der Waals surface area contributed by atoms with E-state index >= 15 is 0 Å². The zero-order chi connectivity index (χ0) is 22.8. The molecule has 5 rings (SSSR count). The molecule has 1 unspecified atom stereocenters. The zero-order valence-corrected chi connectivity index (χ0v) is 18.4. The number of amides is 1. The lowest BCUT2D eigenvalue weighted by atomic mass is 9.87. The third-order valence-electron chi connectivity index (χ3n) is 5.98. The van der Waals surface area contributed by atoms with Crippen LogP contribution in [0.1, 0.15) is 33.1 Å². The van der Waals surface area contributed by atoms with E-state index in [9.17, 15) is 4.79 Å². The Hall–Kier alpha value is -4.20. The number of ether oxygens (including phenoxy) is 2. The SMILES string of the molecule is COc1cc2c(cc1OC)C(c1ccccc1)N(C(=O)c1ccccc1-n1cnnn1)CC2. The molecule has 1 aromatic heterocycles. The van der Waals surface area contributed by atoms with E-state index in [2.05, 4.69) is 15.5 Å². The fourth-order valence-electron chi connectivity index (χ4n) is 4.44. The van der Waals surface area contributed by atoms with Crippen LogP contribution in [0.2, 0.25) is 0 Å². The zero-order valence-electron chi connectivity index (χ0n) is 18.4. The minimum absolute atomic E-state index is 0.0876. The molecule has 0 aliphatic carbocycles. The van der Waals surface area contributed by atoms with E-state index in [-0.39, 0.29) is 11.9 Å². The van der Waals surface area contributed by atoms with Crippen molar-refractivity contribution in [3.8, 4) is 17.2 Å². The summed E-state index contributed by atoms with van der Waals surface area (Å²) in [6.07, 6.45) is 2.20. The molecule has 1 aliphatic heterocycles. The van der Waals surface area contributed by atoms with Crippen LogP contribution in [0.15, 0.2) is 73.1 Å². The number of carbonyl (C=O) groups excluding carboxylic acids is 1. The largest absolute Gasteiger partial charge is 0.493 e. The van der Waals surface area contributed by atoms with Crippen LogP contribution in [0.3, 0.4) is 0 Å². The molecule has 0 radical (unpaired) electrons. The molecule has 8 heteroatoms. The second-order valence-electron chi connectivity index (χ2n) is 7.74. The number of methoxy groups -OCH3 is 2. The van der Waals surface area contributed by atoms with Gasteiger partial charge in [0.15, 0.2) is 11.5 Å². The highest BCUT2D eigenvalue weighted by molar-refractivity contribution is 5.98. The molecule has 4 aromatic rings. The Bertz CT molecular complexity index is 1270. The van der Waals surface area contributed by atoms with Crippen molar-refractivity contribution in [2.75, 3.05) is 20.8 Å². The lowest BCUT2D eigenvalue weighted by Crippen LogP contribution is -2.41. The average Bonchev–Trinajstić information content (AvgIpc) is 3.42. The molecule has 0 saturated heterocycles. The van der Waals surface area contributed by atoms with Gasteiger partial charge in [0.2, 0.25) is 0 Å². The van der Waals surface area contributed by atoms with Crippen LogP contribution in [-0.4, -0.2) is 51.8 Å². The van der Waals surface area contributed by atoms with Gasteiger partial charge in [-0.2, -0.15) is 4.68 Å². The number of aromatic nitrogens is 4. The summed E-state index contributed by atoms with van der Waals surface area (Å²) >= 11 is 0. The molecule has 0 N–H and O–H groups in total. The molecular formula is C25H23N5O3. The van der Waals surface area contributed by atoms with Gasteiger partial charge in [0.05, 0.1) is 31.5 Å². The monoisotopic (exact) mass is 441 g/mol. The van der Waals surface area contributed by atoms with Gasteiger partial charge in [-0.1, -0.05) is 42.5 Å². The summed E-state index contributed by atoms with van der Waals surface area (Å²) in [6, 6.07) is 21.1. The number of fused-ring (bicyclic) bond motifs is 1. The molecule has 1 aliphatic rings. The fraction of sp³-hybridized carbons (Fsp3) is 0.200. The molecule has 2 heterocycles. The van der Waals surface area contributed by atoms with Crippen molar-refractivity contribution in [3.63, 3.8) is 0 Å². The van der Waals surface area contributed by atoms with Crippen molar-refractivity contribution in [1.29, 1.82) is 0 Å². The van der Waals surface area contributed by atoms with E-state index in [1.165, 1.54) is 11.0 Å². The molecule has 8 nitrogen and oxygen atoms in total. The van der Waals surface area contributed by atoms with Gasteiger partial charge < -0.3 is 14.4 Å². The van der Waals surface area contributed by atoms with Crippen LogP contribution >= 0.6 is 0 Å². The number of benzene rings is 3. The van der Waals surface area contributed by atoms with E-state index in [0.29, 0.717) is 35.7 Å². The molecule has 1 atom stereocenters. The van der Waals surface area contributed by atoms with Gasteiger partial charge in [0.25, 0.3) is 5.91 Å². The third-order valence-corrected chi connectivity index (χ3v) is 5.98. The number of hydrogen-bond donors (Lipinski definition) is 0. The standard InChI is InChI=1S/C25H23N5O3/c1-32-22-14-18-12-13-29(24(17-8-4-3-5-9-17)20(18)15-23(22)33-2)25(31)19-10-6-7-11-21(19)30-16-26-27-28-30/h3-11,14-16,24H,12-13H2,1-2H3. The van der Waals surface area contributed by atoms with Crippen molar-refractivity contribution in [3.05, 3.63) is 95.3 Å².